The number of hydrogen-bond acceptors (Lipinski definition) is 5. The van der Waals surface area contributed by atoms with E-state index in [0.717, 1.165) is 5.56 Å². The molecule has 0 bridgehead atoms. The molecule has 1 saturated heterocycles. The zero-order valence-electron chi connectivity index (χ0n) is 21.1. The molecule has 1 aliphatic heterocycles. The van der Waals surface area contributed by atoms with Crippen molar-refractivity contribution < 1.29 is 23.9 Å². The highest BCUT2D eigenvalue weighted by Gasteiger charge is 2.43. The van der Waals surface area contributed by atoms with Gasteiger partial charge in [-0.2, -0.15) is 0 Å². The van der Waals surface area contributed by atoms with Crippen LogP contribution in [0.3, 0.4) is 0 Å². The van der Waals surface area contributed by atoms with E-state index in [0.29, 0.717) is 31.3 Å². The summed E-state index contributed by atoms with van der Waals surface area (Å²) in [5.41, 5.74) is 1.44. The van der Waals surface area contributed by atoms with Crippen LogP contribution in [0.5, 0.6) is 0 Å². The number of likely N-dealkylation sites (tertiary alicyclic amines) is 1. The van der Waals surface area contributed by atoms with Crippen LogP contribution < -0.4 is 10.6 Å². The van der Waals surface area contributed by atoms with Crippen molar-refractivity contribution in [3.63, 3.8) is 0 Å². The maximum absolute atomic E-state index is 13.7. The van der Waals surface area contributed by atoms with Crippen LogP contribution in [-0.2, 0) is 25.7 Å². The average Bonchev–Trinajstić information content (AvgIpc) is 3.34. The number of amides is 3. The molecule has 1 aliphatic rings. The van der Waals surface area contributed by atoms with E-state index in [9.17, 15) is 19.2 Å². The predicted octanol–water partition coefficient (Wildman–Crippen LogP) is 2.72. The van der Waals surface area contributed by atoms with Crippen LogP contribution >= 0.6 is 0 Å². The lowest BCUT2D eigenvalue weighted by atomic mass is 10.0. The lowest BCUT2D eigenvalue weighted by Crippen LogP contribution is -2.56. The normalized spacial score (nSPS) is 18.9. The van der Waals surface area contributed by atoms with Crippen LogP contribution in [0.15, 0.2) is 60.7 Å². The molecule has 8 heteroatoms. The van der Waals surface area contributed by atoms with E-state index in [-0.39, 0.29) is 30.4 Å². The number of carbonyl (C=O) groups excluding carboxylic acids is 4. The van der Waals surface area contributed by atoms with Crippen molar-refractivity contribution in [3.8, 4) is 0 Å². The Bertz CT molecular complexity index is 1030. The van der Waals surface area contributed by atoms with Crippen LogP contribution in [0.25, 0.3) is 0 Å². The third-order valence-electron chi connectivity index (χ3n) is 6.36. The van der Waals surface area contributed by atoms with Crippen molar-refractivity contribution in [1.29, 1.82) is 0 Å². The highest BCUT2D eigenvalue weighted by Crippen LogP contribution is 2.24. The summed E-state index contributed by atoms with van der Waals surface area (Å²) < 4.78 is 6.07. The molecule has 4 atom stereocenters. The van der Waals surface area contributed by atoms with E-state index >= 15 is 0 Å². The van der Waals surface area contributed by atoms with Gasteiger partial charge in [0.25, 0.3) is 5.91 Å². The maximum atomic E-state index is 13.7. The topological polar surface area (TPSA) is 105 Å². The van der Waals surface area contributed by atoms with Crippen LogP contribution in [0.1, 0.15) is 49.5 Å². The Morgan fingerprint density at radius 2 is 1.67 bits per heavy atom. The highest BCUT2D eigenvalue weighted by atomic mass is 16.5. The molecular weight excluding hydrogens is 458 g/mol. The first-order valence-electron chi connectivity index (χ1n) is 12.4. The standard InChI is InChI=1S/C28H35N3O5/c1-4-22(17-32)29-27(34)24-15-23(36-18-20-11-7-5-8-12-20)16-31(24)28(35)25(19(2)3)30-26(33)21-13-9-6-10-14-21/h5-14,17,19,22-25H,4,15-16,18H2,1-3H3,(H,29,34)(H,30,33)/t22-,23+,24-,25-/m0/s1. The number of rotatable bonds is 11. The zero-order chi connectivity index (χ0) is 26.1. The summed E-state index contributed by atoms with van der Waals surface area (Å²) in [6, 6.07) is 16.1. The number of carbonyl (C=O) groups is 4. The minimum atomic E-state index is -0.825. The minimum Gasteiger partial charge on any atom is -0.372 e. The molecule has 36 heavy (non-hydrogen) atoms. The van der Waals surface area contributed by atoms with E-state index in [2.05, 4.69) is 10.6 Å². The highest BCUT2D eigenvalue weighted by molar-refractivity contribution is 5.98. The molecule has 0 aromatic heterocycles. The fourth-order valence-corrected chi connectivity index (χ4v) is 4.22. The molecule has 8 nitrogen and oxygen atoms in total. The Balaban J connectivity index is 1.78. The summed E-state index contributed by atoms with van der Waals surface area (Å²) in [5, 5.41) is 5.57. The molecule has 3 rings (SSSR count). The average molecular weight is 494 g/mol. The molecule has 0 saturated carbocycles. The lowest BCUT2D eigenvalue weighted by molar-refractivity contribution is -0.141. The first kappa shape index (κ1) is 27.1. The third-order valence-corrected chi connectivity index (χ3v) is 6.36. The van der Waals surface area contributed by atoms with Gasteiger partial charge in [0.05, 0.1) is 18.8 Å². The Labute approximate surface area is 212 Å². The van der Waals surface area contributed by atoms with Crippen molar-refractivity contribution >= 4 is 24.0 Å². The molecule has 0 radical (unpaired) electrons. The summed E-state index contributed by atoms with van der Waals surface area (Å²) in [6.07, 6.45) is 1.08. The van der Waals surface area contributed by atoms with Gasteiger partial charge in [-0.3, -0.25) is 14.4 Å². The zero-order valence-corrected chi connectivity index (χ0v) is 21.1. The molecule has 0 spiro atoms. The number of nitrogens with zero attached hydrogens (tertiary/aromatic N) is 1. The molecule has 0 aliphatic carbocycles. The summed E-state index contributed by atoms with van der Waals surface area (Å²) in [5.74, 6) is -1.31. The summed E-state index contributed by atoms with van der Waals surface area (Å²) in [7, 11) is 0. The van der Waals surface area contributed by atoms with Crippen molar-refractivity contribution in [2.45, 2.75) is 64.4 Å². The number of nitrogens with one attached hydrogen (secondary N) is 2. The van der Waals surface area contributed by atoms with Gasteiger partial charge in [0.1, 0.15) is 18.4 Å². The van der Waals surface area contributed by atoms with Gasteiger partial charge in [0.15, 0.2) is 0 Å². The largest absolute Gasteiger partial charge is 0.372 e. The smallest absolute Gasteiger partial charge is 0.251 e. The fourth-order valence-electron chi connectivity index (χ4n) is 4.22. The van der Waals surface area contributed by atoms with Crippen LogP contribution in [0.2, 0.25) is 0 Å². The molecule has 3 amide bonds. The van der Waals surface area contributed by atoms with Crippen LogP contribution in [0.4, 0.5) is 0 Å². The Kier molecular flexibility index (Phi) is 9.76. The number of hydrogen-bond donors (Lipinski definition) is 2. The monoisotopic (exact) mass is 493 g/mol. The van der Waals surface area contributed by atoms with Gasteiger partial charge >= 0.3 is 0 Å². The molecule has 2 aromatic rings. The van der Waals surface area contributed by atoms with E-state index in [1.54, 1.807) is 31.2 Å². The first-order valence-corrected chi connectivity index (χ1v) is 12.4. The maximum Gasteiger partial charge on any atom is 0.251 e. The molecule has 2 N–H and O–H groups in total. The summed E-state index contributed by atoms with van der Waals surface area (Å²) in [6.45, 7) is 6.07. The van der Waals surface area contributed by atoms with Crippen molar-refractivity contribution in [3.05, 3.63) is 71.8 Å². The van der Waals surface area contributed by atoms with Gasteiger partial charge in [-0.25, -0.2) is 0 Å². The second-order valence-electron chi connectivity index (χ2n) is 9.38. The van der Waals surface area contributed by atoms with Crippen molar-refractivity contribution in [2.75, 3.05) is 6.54 Å². The van der Waals surface area contributed by atoms with E-state index in [1.807, 2.05) is 50.2 Å². The molecule has 2 aromatic carbocycles. The van der Waals surface area contributed by atoms with Gasteiger partial charge in [0.2, 0.25) is 11.8 Å². The number of aldehydes is 1. The van der Waals surface area contributed by atoms with E-state index < -0.39 is 24.0 Å². The predicted molar refractivity (Wildman–Crippen MR) is 136 cm³/mol. The van der Waals surface area contributed by atoms with Gasteiger partial charge in [0, 0.05) is 18.5 Å². The third kappa shape index (κ3) is 7.01. The minimum absolute atomic E-state index is 0.212. The Hall–Kier alpha value is -3.52. The second-order valence-corrected chi connectivity index (χ2v) is 9.38. The van der Waals surface area contributed by atoms with Crippen molar-refractivity contribution in [1.82, 2.24) is 15.5 Å². The fraction of sp³-hybridized carbons (Fsp3) is 0.429. The number of benzene rings is 2. The van der Waals surface area contributed by atoms with Gasteiger partial charge in [-0.15, -0.1) is 0 Å². The molecule has 1 fully saturated rings. The molecule has 192 valence electrons. The van der Waals surface area contributed by atoms with Gasteiger partial charge in [-0.1, -0.05) is 69.3 Å². The van der Waals surface area contributed by atoms with Crippen molar-refractivity contribution in [2.24, 2.45) is 5.92 Å². The first-order chi connectivity index (χ1) is 17.3. The van der Waals surface area contributed by atoms with E-state index in [1.165, 1.54) is 4.90 Å². The number of ether oxygens (including phenoxy) is 1. The molecule has 0 unspecified atom stereocenters. The van der Waals surface area contributed by atoms with Crippen LogP contribution in [0, 0.1) is 5.92 Å². The Morgan fingerprint density at radius 3 is 2.25 bits per heavy atom. The SMILES string of the molecule is CC[C@@H](C=O)NC(=O)[C@@H]1C[C@@H](OCc2ccccc2)CN1C(=O)[C@@H](NC(=O)c1ccccc1)C(C)C. The van der Waals surface area contributed by atoms with Crippen LogP contribution in [-0.4, -0.2) is 59.7 Å². The summed E-state index contributed by atoms with van der Waals surface area (Å²) >= 11 is 0. The Morgan fingerprint density at radius 1 is 1.03 bits per heavy atom. The second kappa shape index (κ2) is 13.0. The molecule has 1 heterocycles. The van der Waals surface area contributed by atoms with Gasteiger partial charge in [-0.05, 0) is 30.0 Å². The molecular formula is C28H35N3O5. The van der Waals surface area contributed by atoms with E-state index in [4.69, 9.17) is 4.74 Å². The quantitative estimate of drug-likeness (QED) is 0.469. The summed E-state index contributed by atoms with van der Waals surface area (Å²) in [4.78, 5) is 52.5. The van der Waals surface area contributed by atoms with Gasteiger partial charge < -0.3 is 25.1 Å². The lowest BCUT2D eigenvalue weighted by Gasteiger charge is -2.30.